The molecule has 416 valence electrons. The molecular formula is C62H110NO8P. The van der Waals surface area contributed by atoms with Gasteiger partial charge < -0.3 is 27.9 Å². The Labute approximate surface area is 443 Å². The van der Waals surface area contributed by atoms with Crippen LogP contribution in [0.25, 0.3) is 0 Å². The van der Waals surface area contributed by atoms with E-state index in [0.717, 1.165) is 77.0 Å². The average Bonchev–Trinajstić information content (AvgIpc) is 3.34. The highest BCUT2D eigenvalue weighted by Gasteiger charge is 2.21. The van der Waals surface area contributed by atoms with Crippen molar-refractivity contribution in [2.45, 2.75) is 251 Å². The maximum Gasteiger partial charge on any atom is 0.306 e. The van der Waals surface area contributed by atoms with E-state index in [1.165, 1.54) is 135 Å². The van der Waals surface area contributed by atoms with Crippen LogP contribution in [-0.2, 0) is 32.7 Å². The third kappa shape index (κ3) is 56.5. The summed E-state index contributed by atoms with van der Waals surface area (Å²) in [6.07, 6.45) is 70.7. The number of unbranched alkanes of at least 4 members (excludes halogenated alkanes) is 25. The maximum atomic E-state index is 12.8. The number of carbonyl (C=O) groups is 2. The molecule has 0 aliphatic rings. The molecule has 72 heavy (non-hydrogen) atoms. The molecule has 0 aromatic heterocycles. The van der Waals surface area contributed by atoms with Gasteiger partial charge in [0.05, 0.1) is 27.7 Å². The number of ether oxygens (including phenoxy) is 2. The second-order valence-electron chi connectivity index (χ2n) is 20.6. The highest BCUT2D eigenvalue weighted by molar-refractivity contribution is 7.45. The predicted molar refractivity (Wildman–Crippen MR) is 305 cm³/mol. The summed E-state index contributed by atoms with van der Waals surface area (Å²) >= 11 is 0. The highest BCUT2D eigenvalue weighted by atomic mass is 31.2. The van der Waals surface area contributed by atoms with E-state index in [0.29, 0.717) is 17.4 Å². The molecule has 0 heterocycles. The van der Waals surface area contributed by atoms with Crippen LogP contribution < -0.4 is 4.89 Å². The Bertz CT molecular complexity index is 1490. The van der Waals surface area contributed by atoms with Gasteiger partial charge in [0.15, 0.2) is 6.10 Å². The summed E-state index contributed by atoms with van der Waals surface area (Å²) < 4.78 is 34.1. The zero-order valence-corrected chi connectivity index (χ0v) is 48.0. The number of phosphoric acid groups is 1. The van der Waals surface area contributed by atoms with Gasteiger partial charge in [0.1, 0.15) is 19.8 Å². The lowest BCUT2D eigenvalue weighted by atomic mass is 10.0. The zero-order valence-electron chi connectivity index (χ0n) is 47.1. The van der Waals surface area contributed by atoms with Gasteiger partial charge in [0, 0.05) is 12.8 Å². The lowest BCUT2D eigenvalue weighted by Crippen LogP contribution is -2.37. The van der Waals surface area contributed by atoms with E-state index in [1.807, 2.05) is 21.1 Å². The molecule has 2 atom stereocenters. The van der Waals surface area contributed by atoms with Crippen LogP contribution in [-0.4, -0.2) is 70.0 Å². The van der Waals surface area contributed by atoms with Crippen LogP contribution >= 0.6 is 7.82 Å². The van der Waals surface area contributed by atoms with E-state index in [1.54, 1.807) is 0 Å². The summed E-state index contributed by atoms with van der Waals surface area (Å²) in [6, 6.07) is 0. The van der Waals surface area contributed by atoms with E-state index >= 15 is 0 Å². The minimum absolute atomic E-state index is 0.0408. The Balaban J connectivity index is 4.15. The first kappa shape index (κ1) is 69.2. The van der Waals surface area contributed by atoms with Gasteiger partial charge in [0.25, 0.3) is 7.82 Å². The van der Waals surface area contributed by atoms with Crippen molar-refractivity contribution in [1.29, 1.82) is 0 Å². The number of rotatable bonds is 53. The first-order chi connectivity index (χ1) is 35.0. The number of hydrogen-bond acceptors (Lipinski definition) is 8. The lowest BCUT2D eigenvalue weighted by Gasteiger charge is -2.28. The van der Waals surface area contributed by atoms with E-state index in [2.05, 4.69) is 98.9 Å². The van der Waals surface area contributed by atoms with Crippen LogP contribution in [0.2, 0.25) is 0 Å². The molecule has 0 N–H and O–H groups in total. The number of hydrogen-bond donors (Lipinski definition) is 0. The van der Waals surface area contributed by atoms with Gasteiger partial charge >= 0.3 is 11.9 Å². The van der Waals surface area contributed by atoms with Crippen LogP contribution in [0.15, 0.2) is 85.1 Å². The Morgan fingerprint density at radius 1 is 0.444 bits per heavy atom. The number of nitrogens with zero attached hydrogens (tertiary/aromatic N) is 1. The molecule has 9 nitrogen and oxygen atoms in total. The highest BCUT2D eigenvalue weighted by Crippen LogP contribution is 2.38. The molecule has 0 bridgehead atoms. The molecule has 0 saturated heterocycles. The van der Waals surface area contributed by atoms with Gasteiger partial charge in [-0.3, -0.25) is 14.2 Å². The fourth-order valence-corrected chi connectivity index (χ4v) is 8.62. The second-order valence-corrected chi connectivity index (χ2v) is 22.0. The molecule has 10 heteroatoms. The molecular weight excluding hydrogens is 918 g/mol. The number of allylic oxidation sites excluding steroid dienone is 14. The summed E-state index contributed by atoms with van der Waals surface area (Å²) in [5.41, 5.74) is 0. The molecule has 0 saturated carbocycles. The van der Waals surface area contributed by atoms with Gasteiger partial charge in [-0.2, -0.15) is 0 Å². The fraction of sp³-hybridized carbons (Fsp3) is 0.742. The molecule has 0 radical (unpaired) electrons. The maximum absolute atomic E-state index is 12.8. The molecule has 0 aromatic carbocycles. The third-order valence-electron chi connectivity index (χ3n) is 12.4. The summed E-state index contributed by atoms with van der Waals surface area (Å²) in [6.45, 7) is 4.08. The summed E-state index contributed by atoms with van der Waals surface area (Å²) in [7, 11) is 1.14. The largest absolute Gasteiger partial charge is 0.756 e. The van der Waals surface area contributed by atoms with Crippen LogP contribution in [0, 0.1) is 0 Å². The Hall–Kier alpha value is -2.81. The summed E-state index contributed by atoms with van der Waals surface area (Å²) in [5.74, 6) is -0.870. The Kier molecular flexibility index (Phi) is 51.0. The first-order valence-electron chi connectivity index (χ1n) is 29.3. The fourth-order valence-electron chi connectivity index (χ4n) is 7.89. The van der Waals surface area contributed by atoms with Gasteiger partial charge in [-0.05, 0) is 89.9 Å². The van der Waals surface area contributed by atoms with Gasteiger partial charge in [0.2, 0.25) is 0 Å². The number of phosphoric ester groups is 1. The monoisotopic (exact) mass is 1030 g/mol. The normalized spacial score (nSPS) is 13.9. The lowest BCUT2D eigenvalue weighted by molar-refractivity contribution is -0.870. The van der Waals surface area contributed by atoms with Crippen LogP contribution in [0.4, 0.5) is 0 Å². The molecule has 0 amide bonds. The number of quaternary nitrogens is 1. The summed E-state index contributed by atoms with van der Waals surface area (Å²) in [5, 5.41) is 0. The van der Waals surface area contributed by atoms with Crippen LogP contribution in [0.5, 0.6) is 0 Å². The van der Waals surface area contributed by atoms with Crippen molar-refractivity contribution in [2.24, 2.45) is 0 Å². The third-order valence-corrected chi connectivity index (χ3v) is 13.4. The molecule has 0 rings (SSSR count). The first-order valence-corrected chi connectivity index (χ1v) is 30.8. The molecule has 0 aliphatic heterocycles. The number of carbonyl (C=O) groups excluding carboxylic acids is 2. The van der Waals surface area contributed by atoms with Crippen molar-refractivity contribution in [3.8, 4) is 0 Å². The van der Waals surface area contributed by atoms with Crippen molar-refractivity contribution in [1.82, 2.24) is 0 Å². The van der Waals surface area contributed by atoms with E-state index in [9.17, 15) is 19.0 Å². The topological polar surface area (TPSA) is 111 Å². The minimum atomic E-state index is -4.65. The van der Waals surface area contributed by atoms with E-state index < -0.39 is 32.5 Å². The second kappa shape index (κ2) is 53.0. The molecule has 0 fully saturated rings. The van der Waals surface area contributed by atoms with Gasteiger partial charge in [-0.1, -0.05) is 227 Å². The number of esters is 2. The van der Waals surface area contributed by atoms with Gasteiger partial charge in [-0.25, -0.2) is 0 Å². The standard InChI is InChI=1S/C62H110NO8P/c1-6-8-10-12-14-16-18-20-22-24-26-27-28-29-30-31-32-33-34-35-37-38-40-42-44-46-48-50-52-54-61(64)68-58-60(59-70-72(66,67)69-57-56-63(3,4)5)71-62(65)55-53-51-49-47-45-43-41-39-36-25-23-21-19-17-15-13-11-9-7-2/h9,11,15,17-18,20-21,23-24,26,36,39,43,45,60H,6-8,10,12-14,16,19,22,25,27-35,37-38,40-42,44,46-59H2,1-5H3/b11-9-,17-15-,20-18-,23-21-,26-24-,39-36-,45-43-. The van der Waals surface area contributed by atoms with Crippen molar-refractivity contribution < 1.29 is 42.1 Å². The van der Waals surface area contributed by atoms with E-state index in [4.69, 9.17) is 18.5 Å². The Morgan fingerprint density at radius 3 is 1.19 bits per heavy atom. The Morgan fingerprint density at radius 2 is 0.792 bits per heavy atom. The van der Waals surface area contributed by atoms with Crippen molar-refractivity contribution in [3.05, 3.63) is 85.1 Å². The number of likely N-dealkylation sites (N-methyl/N-ethyl adjacent to an activating group) is 1. The van der Waals surface area contributed by atoms with Gasteiger partial charge in [-0.15, -0.1) is 0 Å². The molecule has 0 aliphatic carbocycles. The smallest absolute Gasteiger partial charge is 0.306 e. The van der Waals surface area contributed by atoms with Crippen molar-refractivity contribution in [2.75, 3.05) is 47.5 Å². The van der Waals surface area contributed by atoms with Crippen LogP contribution in [0.1, 0.15) is 245 Å². The zero-order chi connectivity index (χ0) is 52.7. The SMILES string of the molecule is CC/C=C\C/C=C\C/C=C\C/C=C\C/C=C\CCCCCC(=O)OC(COC(=O)CCCCCCCCCCCCCCCCCCC/C=C\C/C=C\CCCCCCC)COP(=O)([O-])OCC[N+](C)(C)C. The van der Waals surface area contributed by atoms with Crippen LogP contribution in [0.3, 0.4) is 0 Å². The minimum Gasteiger partial charge on any atom is -0.756 e. The van der Waals surface area contributed by atoms with E-state index in [-0.39, 0.29) is 26.1 Å². The van der Waals surface area contributed by atoms with Crippen molar-refractivity contribution in [3.63, 3.8) is 0 Å². The quantitative estimate of drug-likeness (QED) is 0.0195. The molecule has 2 unspecified atom stereocenters. The summed E-state index contributed by atoms with van der Waals surface area (Å²) in [4.78, 5) is 37.8. The molecule has 0 aromatic rings. The predicted octanol–water partition coefficient (Wildman–Crippen LogP) is 17.6. The average molecular weight is 1030 g/mol. The van der Waals surface area contributed by atoms with Crippen molar-refractivity contribution >= 4 is 19.8 Å². The molecule has 0 spiro atoms.